The van der Waals surface area contributed by atoms with Crippen LogP contribution in [-0.2, 0) is 4.79 Å². The van der Waals surface area contributed by atoms with Crippen LogP contribution in [0.5, 0.6) is 0 Å². The number of hydrogen-bond acceptors (Lipinski definition) is 4. The van der Waals surface area contributed by atoms with E-state index in [0.717, 1.165) is 64.6 Å². The maximum Gasteiger partial charge on any atom is 0.236 e. The third-order valence-corrected chi connectivity index (χ3v) is 4.94. The molecule has 144 valence electrons. The molecule has 2 saturated heterocycles. The summed E-state index contributed by atoms with van der Waals surface area (Å²) in [5, 5.41) is 12.5. The fraction of sp³-hybridized carbons (Fsp3) is 0.889. The number of nitrogens with zero attached hydrogens (tertiary/aromatic N) is 4. The SMILES string of the molecule is CCNC(=NCC(C)CO)N1CCN(CC(=O)N2CCCCC2)CC1. The van der Waals surface area contributed by atoms with Crippen LogP contribution in [0.3, 0.4) is 0 Å². The zero-order valence-electron chi connectivity index (χ0n) is 15.9. The van der Waals surface area contributed by atoms with Crippen molar-refractivity contribution in [3.8, 4) is 0 Å². The van der Waals surface area contributed by atoms with Crippen molar-refractivity contribution in [2.75, 3.05) is 65.5 Å². The molecule has 2 N–H and O–H groups in total. The monoisotopic (exact) mass is 353 g/mol. The van der Waals surface area contributed by atoms with Crippen LogP contribution in [0, 0.1) is 5.92 Å². The van der Waals surface area contributed by atoms with Crippen LogP contribution in [0.2, 0.25) is 0 Å². The molecule has 0 bridgehead atoms. The van der Waals surface area contributed by atoms with Crippen LogP contribution >= 0.6 is 0 Å². The highest BCUT2D eigenvalue weighted by atomic mass is 16.3. The summed E-state index contributed by atoms with van der Waals surface area (Å²) in [6, 6.07) is 0. The molecule has 2 rings (SSSR count). The first-order valence-electron chi connectivity index (χ1n) is 9.78. The van der Waals surface area contributed by atoms with Gasteiger partial charge in [0.1, 0.15) is 0 Å². The summed E-state index contributed by atoms with van der Waals surface area (Å²) in [5.41, 5.74) is 0. The maximum atomic E-state index is 12.4. The van der Waals surface area contributed by atoms with Crippen molar-refractivity contribution in [3.05, 3.63) is 0 Å². The molecule has 2 fully saturated rings. The van der Waals surface area contributed by atoms with Gasteiger partial charge < -0.3 is 20.2 Å². The summed E-state index contributed by atoms with van der Waals surface area (Å²) in [4.78, 5) is 23.6. The minimum Gasteiger partial charge on any atom is -0.396 e. The molecule has 0 aromatic carbocycles. The number of piperazine rings is 1. The first kappa shape index (κ1) is 20.0. The predicted molar refractivity (Wildman–Crippen MR) is 101 cm³/mol. The van der Waals surface area contributed by atoms with Crippen molar-refractivity contribution < 1.29 is 9.90 Å². The van der Waals surface area contributed by atoms with E-state index in [9.17, 15) is 4.79 Å². The molecule has 7 heteroatoms. The predicted octanol–water partition coefficient (Wildman–Crippen LogP) is 0.210. The maximum absolute atomic E-state index is 12.4. The van der Waals surface area contributed by atoms with Crippen molar-refractivity contribution in [2.45, 2.75) is 33.1 Å². The van der Waals surface area contributed by atoms with Crippen LogP contribution < -0.4 is 5.32 Å². The Bertz CT molecular complexity index is 429. The highest BCUT2D eigenvalue weighted by molar-refractivity contribution is 5.80. The van der Waals surface area contributed by atoms with Crippen LogP contribution in [0.25, 0.3) is 0 Å². The lowest BCUT2D eigenvalue weighted by atomic mass is 10.1. The van der Waals surface area contributed by atoms with Gasteiger partial charge in [-0.15, -0.1) is 0 Å². The number of carbonyl (C=O) groups excluding carboxylic acids is 1. The molecular formula is C18H35N5O2. The first-order chi connectivity index (χ1) is 12.1. The Morgan fingerprint density at radius 2 is 1.76 bits per heavy atom. The number of guanidine groups is 1. The van der Waals surface area contributed by atoms with E-state index in [1.807, 2.05) is 11.8 Å². The minimum atomic E-state index is 0.162. The molecule has 2 aliphatic rings. The summed E-state index contributed by atoms with van der Waals surface area (Å²) >= 11 is 0. The van der Waals surface area contributed by atoms with Crippen LogP contribution in [-0.4, -0.2) is 97.2 Å². The van der Waals surface area contributed by atoms with E-state index in [0.29, 0.717) is 13.1 Å². The van der Waals surface area contributed by atoms with E-state index < -0.39 is 0 Å². The molecule has 7 nitrogen and oxygen atoms in total. The van der Waals surface area contributed by atoms with E-state index >= 15 is 0 Å². The topological polar surface area (TPSA) is 71.4 Å². The lowest BCUT2D eigenvalue weighted by Crippen LogP contribution is -2.54. The zero-order valence-corrected chi connectivity index (χ0v) is 15.9. The number of nitrogens with one attached hydrogen (secondary N) is 1. The van der Waals surface area contributed by atoms with E-state index in [4.69, 9.17) is 5.11 Å². The van der Waals surface area contributed by atoms with Gasteiger partial charge in [-0.25, -0.2) is 0 Å². The molecule has 1 atom stereocenters. The zero-order chi connectivity index (χ0) is 18.1. The number of aliphatic hydroxyl groups is 1. The molecule has 1 unspecified atom stereocenters. The number of piperidine rings is 1. The number of aliphatic hydroxyl groups excluding tert-OH is 1. The van der Waals surface area contributed by atoms with E-state index in [2.05, 4.69) is 27.0 Å². The molecule has 2 heterocycles. The molecule has 2 aliphatic heterocycles. The van der Waals surface area contributed by atoms with Crippen molar-refractivity contribution >= 4 is 11.9 Å². The number of aliphatic imine (C=N–C) groups is 1. The Kier molecular flexibility index (Phi) is 8.48. The van der Waals surface area contributed by atoms with Gasteiger partial charge in [-0.2, -0.15) is 0 Å². The van der Waals surface area contributed by atoms with E-state index in [1.54, 1.807) is 0 Å². The second-order valence-corrected chi connectivity index (χ2v) is 7.19. The van der Waals surface area contributed by atoms with Gasteiger partial charge in [-0.1, -0.05) is 6.92 Å². The average molecular weight is 354 g/mol. The molecule has 0 aromatic rings. The van der Waals surface area contributed by atoms with Gasteiger partial charge in [0.05, 0.1) is 6.54 Å². The quantitative estimate of drug-likeness (QED) is 0.528. The van der Waals surface area contributed by atoms with Crippen molar-refractivity contribution in [2.24, 2.45) is 10.9 Å². The molecular weight excluding hydrogens is 318 g/mol. The average Bonchev–Trinajstić information content (AvgIpc) is 2.66. The van der Waals surface area contributed by atoms with Gasteiger partial charge in [0.2, 0.25) is 5.91 Å². The number of amides is 1. The Balaban J connectivity index is 1.79. The van der Waals surface area contributed by atoms with Crippen LogP contribution in [0.4, 0.5) is 0 Å². The second-order valence-electron chi connectivity index (χ2n) is 7.19. The molecule has 25 heavy (non-hydrogen) atoms. The van der Waals surface area contributed by atoms with Gasteiger partial charge in [0, 0.05) is 59.0 Å². The summed E-state index contributed by atoms with van der Waals surface area (Å²) in [5.74, 6) is 1.38. The van der Waals surface area contributed by atoms with Crippen molar-refractivity contribution in [3.63, 3.8) is 0 Å². The van der Waals surface area contributed by atoms with E-state index in [1.165, 1.54) is 6.42 Å². The molecule has 0 aromatic heterocycles. The molecule has 0 radical (unpaired) electrons. The Labute approximate surface area is 152 Å². The highest BCUT2D eigenvalue weighted by Crippen LogP contribution is 2.10. The smallest absolute Gasteiger partial charge is 0.236 e. The summed E-state index contributed by atoms with van der Waals surface area (Å²) in [6.45, 7) is 11.6. The van der Waals surface area contributed by atoms with Crippen LogP contribution in [0.1, 0.15) is 33.1 Å². The molecule has 0 spiro atoms. The summed E-state index contributed by atoms with van der Waals surface area (Å²) < 4.78 is 0. The minimum absolute atomic E-state index is 0.162. The van der Waals surface area contributed by atoms with Crippen molar-refractivity contribution in [1.82, 2.24) is 20.0 Å². The fourth-order valence-electron chi connectivity index (χ4n) is 3.28. The van der Waals surface area contributed by atoms with E-state index in [-0.39, 0.29) is 18.4 Å². The summed E-state index contributed by atoms with van der Waals surface area (Å²) in [7, 11) is 0. The Morgan fingerprint density at radius 1 is 1.08 bits per heavy atom. The highest BCUT2D eigenvalue weighted by Gasteiger charge is 2.24. The van der Waals surface area contributed by atoms with Crippen LogP contribution in [0.15, 0.2) is 4.99 Å². The second kappa shape index (κ2) is 10.6. The Morgan fingerprint density at radius 3 is 2.36 bits per heavy atom. The number of hydrogen-bond donors (Lipinski definition) is 2. The van der Waals surface area contributed by atoms with Gasteiger partial charge in [0.25, 0.3) is 0 Å². The number of rotatable bonds is 6. The third kappa shape index (κ3) is 6.47. The normalized spacial score (nSPS) is 21.3. The van der Waals surface area contributed by atoms with Gasteiger partial charge in [-0.3, -0.25) is 14.7 Å². The standard InChI is InChI=1S/C18H35N5O2/c1-3-19-18(20-13-16(2)15-24)23-11-9-21(10-12-23)14-17(25)22-7-5-4-6-8-22/h16,24H,3-15H2,1-2H3,(H,19,20). The molecule has 0 aliphatic carbocycles. The number of carbonyl (C=O) groups is 1. The van der Waals surface area contributed by atoms with Gasteiger partial charge in [-0.05, 0) is 32.1 Å². The molecule has 1 amide bonds. The van der Waals surface area contributed by atoms with Crippen molar-refractivity contribution in [1.29, 1.82) is 0 Å². The Hall–Kier alpha value is -1.34. The lowest BCUT2D eigenvalue weighted by Gasteiger charge is -2.37. The summed E-state index contributed by atoms with van der Waals surface area (Å²) in [6.07, 6.45) is 3.55. The van der Waals surface area contributed by atoms with Gasteiger partial charge in [0.15, 0.2) is 5.96 Å². The third-order valence-electron chi connectivity index (χ3n) is 4.94. The first-order valence-corrected chi connectivity index (χ1v) is 9.78. The lowest BCUT2D eigenvalue weighted by molar-refractivity contribution is -0.133. The largest absolute Gasteiger partial charge is 0.396 e. The van der Waals surface area contributed by atoms with Gasteiger partial charge >= 0.3 is 0 Å². The molecule has 0 saturated carbocycles. The fourth-order valence-corrected chi connectivity index (χ4v) is 3.28. The number of likely N-dealkylation sites (tertiary alicyclic amines) is 1.